The predicted octanol–water partition coefficient (Wildman–Crippen LogP) is 3.67. The van der Waals surface area contributed by atoms with Crippen molar-refractivity contribution in [2.45, 2.75) is 19.8 Å². The first-order valence-corrected chi connectivity index (χ1v) is 9.25. The molecule has 0 saturated heterocycles. The normalized spacial score (nSPS) is 16.2. The third-order valence-electron chi connectivity index (χ3n) is 4.03. The minimum atomic E-state index is -0.767. The van der Waals surface area contributed by atoms with E-state index in [0.29, 0.717) is 21.5 Å². The van der Waals surface area contributed by atoms with E-state index in [1.807, 2.05) is 6.07 Å². The van der Waals surface area contributed by atoms with Crippen LogP contribution in [0.1, 0.15) is 25.3 Å². The van der Waals surface area contributed by atoms with Crippen molar-refractivity contribution in [3.63, 3.8) is 0 Å². The number of halogens is 1. The Kier molecular flexibility index (Phi) is 7.12. The lowest BCUT2D eigenvalue weighted by molar-refractivity contribution is -0.139. The number of nitrogens with two attached hydrogens (primary N) is 1. The molecule has 0 saturated carbocycles. The highest BCUT2D eigenvalue weighted by Gasteiger charge is 2.37. The van der Waals surface area contributed by atoms with Crippen molar-refractivity contribution in [1.82, 2.24) is 0 Å². The van der Waals surface area contributed by atoms with Gasteiger partial charge in [0.25, 0.3) is 0 Å². The maximum atomic E-state index is 12.6. The smallest absolute Gasteiger partial charge is 0.338 e. The molecular weight excluding hydrogens is 428 g/mol. The van der Waals surface area contributed by atoms with Crippen LogP contribution in [0.2, 0.25) is 0 Å². The van der Waals surface area contributed by atoms with Gasteiger partial charge in [-0.2, -0.15) is 5.26 Å². The number of nitriles is 1. The topological polar surface area (TPSA) is 104 Å². The molecule has 0 unspecified atom stereocenters. The number of hydrogen-bond acceptors (Lipinski definition) is 7. The molecule has 0 fully saturated rings. The molecule has 1 aromatic carbocycles. The van der Waals surface area contributed by atoms with Crippen molar-refractivity contribution >= 4 is 21.9 Å². The van der Waals surface area contributed by atoms with Crippen LogP contribution in [0.3, 0.4) is 0 Å². The van der Waals surface area contributed by atoms with Gasteiger partial charge in [-0.15, -0.1) is 0 Å². The predicted molar refractivity (Wildman–Crippen MR) is 106 cm³/mol. The summed E-state index contributed by atoms with van der Waals surface area (Å²) in [7, 11) is 1.50. The highest BCUT2D eigenvalue weighted by Crippen LogP contribution is 2.45. The van der Waals surface area contributed by atoms with Gasteiger partial charge in [-0.25, -0.2) is 4.79 Å². The van der Waals surface area contributed by atoms with E-state index in [-0.39, 0.29) is 36.0 Å². The van der Waals surface area contributed by atoms with Gasteiger partial charge >= 0.3 is 5.97 Å². The second-order valence-corrected chi connectivity index (χ2v) is 6.60. The van der Waals surface area contributed by atoms with Crippen molar-refractivity contribution in [2.75, 3.05) is 20.3 Å². The molecule has 1 aromatic rings. The SMILES string of the molecule is C=CCOc1c(Br)cc([C@@H]2C(C#N)=C(N)OC(C)=C2C(=O)OCC)cc1OC. The van der Waals surface area contributed by atoms with Crippen LogP contribution >= 0.6 is 15.9 Å². The maximum Gasteiger partial charge on any atom is 0.338 e. The second-order valence-electron chi connectivity index (χ2n) is 5.75. The number of carbonyl (C=O) groups is 1. The van der Waals surface area contributed by atoms with Gasteiger partial charge < -0.3 is 24.7 Å². The molecule has 1 heterocycles. The number of esters is 1. The fourth-order valence-electron chi connectivity index (χ4n) is 2.88. The lowest BCUT2D eigenvalue weighted by Crippen LogP contribution is -2.25. The number of benzene rings is 1. The Morgan fingerprint density at radius 3 is 2.79 bits per heavy atom. The summed E-state index contributed by atoms with van der Waals surface area (Å²) in [5.41, 5.74) is 6.84. The molecule has 148 valence electrons. The maximum absolute atomic E-state index is 12.6. The summed E-state index contributed by atoms with van der Waals surface area (Å²) in [4.78, 5) is 12.6. The highest BCUT2D eigenvalue weighted by molar-refractivity contribution is 9.10. The van der Waals surface area contributed by atoms with Gasteiger partial charge in [0.15, 0.2) is 11.5 Å². The number of rotatable bonds is 7. The van der Waals surface area contributed by atoms with Gasteiger partial charge in [-0.05, 0) is 47.5 Å². The van der Waals surface area contributed by atoms with E-state index in [2.05, 4.69) is 22.5 Å². The summed E-state index contributed by atoms with van der Waals surface area (Å²) in [6.07, 6.45) is 1.61. The average molecular weight is 449 g/mol. The molecule has 0 bridgehead atoms. The molecule has 0 aliphatic carbocycles. The van der Waals surface area contributed by atoms with E-state index >= 15 is 0 Å². The quantitative estimate of drug-likeness (QED) is 0.501. The summed E-state index contributed by atoms with van der Waals surface area (Å²) < 4.78 is 22.3. The van der Waals surface area contributed by atoms with E-state index in [0.717, 1.165) is 0 Å². The summed E-state index contributed by atoms with van der Waals surface area (Å²) in [6, 6.07) is 5.48. The van der Waals surface area contributed by atoms with Crippen LogP contribution in [-0.2, 0) is 14.3 Å². The summed E-state index contributed by atoms with van der Waals surface area (Å²) in [5.74, 6) is -0.215. The summed E-state index contributed by atoms with van der Waals surface area (Å²) >= 11 is 3.46. The van der Waals surface area contributed by atoms with Gasteiger partial charge in [0.2, 0.25) is 5.88 Å². The number of methoxy groups -OCH3 is 1. The molecule has 0 amide bonds. The molecule has 2 N–H and O–H groups in total. The Labute approximate surface area is 172 Å². The number of allylic oxidation sites excluding steroid dienone is 2. The number of carbonyl (C=O) groups excluding carboxylic acids is 1. The fraction of sp³-hybridized carbons (Fsp3) is 0.300. The molecule has 0 radical (unpaired) electrons. The Morgan fingerprint density at radius 1 is 1.50 bits per heavy atom. The third-order valence-corrected chi connectivity index (χ3v) is 4.62. The van der Waals surface area contributed by atoms with Gasteiger partial charge in [0, 0.05) is 0 Å². The van der Waals surface area contributed by atoms with Crippen LogP contribution in [-0.4, -0.2) is 26.3 Å². The monoisotopic (exact) mass is 448 g/mol. The largest absolute Gasteiger partial charge is 0.493 e. The zero-order valence-corrected chi connectivity index (χ0v) is 17.5. The first-order chi connectivity index (χ1) is 13.4. The van der Waals surface area contributed by atoms with Gasteiger partial charge in [-0.1, -0.05) is 12.7 Å². The molecule has 1 atom stereocenters. The zero-order chi connectivity index (χ0) is 20.8. The molecule has 1 aliphatic rings. The summed E-state index contributed by atoms with van der Waals surface area (Å²) in [6.45, 7) is 7.41. The first-order valence-electron chi connectivity index (χ1n) is 8.46. The Hall–Kier alpha value is -2.92. The molecule has 8 heteroatoms. The molecule has 0 aromatic heterocycles. The fourth-order valence-corrected chi connectivity index (χ4v) is 3.45. The van der Waals surface area contributed by atoms with E-state index in [1.54, 1.807) is 32.1 Å². The van der Waals surface area contributed by atoms with Crippen LogP contribution in [0.15, 0.2) is 52.0 Å². The lowest BCUT2D eigenvalue weighted by Gasteiger charge is -2.27. The molecule has 0 spiro atoms. The lowest BCUT2D eigenvalue weighted by atomic mass is 9.83. The highest BCUT2D eigenvalue weighted by atomic mass is 79.9. The molecular formula is C20H21BrN2O5. The van der Waals surface area contributed by atoms with Crippen molar-refractivity contribution in [3.8, 4) is 17.6 Å². The van der Waals surface area contributed by atoms with Gasteiger partial charge in [0.1, 0.15) is 24.0 Å². The minimum Gasteiger partial charge on any atom is -0.493 e. The third kappa shape index (κ3) is 4.15. The van der Waals surface area contributed by atoms with E-state index < -0.39 is 11.9 Å². The Balaban J connectivity index is 2.67. The van der Waals surface area contributed by atoms with Crippen LogP contribution in [0.5, 0.6) is 11.5 Å². The zero-order valence-electron chi connectivity index (χ0n) is 15.9. The van der Waals surface area contributed by atoms with Crippen molar-refractivity contribution in [1.29, 1.82) is 5.26 Å². The standard InChI is InChI=1S/C20H21BrN2O5/c1-5-7-27-18-14(21)8-12(9-15(18)25-4)17-13(10-22)19(23)28-11(3)16(17)20(24)26-6-2/h5,8-9,17H,1,6-7,23H2,2-4H3/t17-/m1/s1. The van der Waals surface area contributed by atoms with Crippen LogP contribution < -0.4 is 15.2 Å². The molecule has 7 nitrogen and oxygen atoms in total. The van der Waals surface area contributed by atoms with Crippen LogP contribution in [0.4, 0.5) is 0 Å². The number of ether oxygens (including phenoxy) is 4. The molecule has 28 heavy (non-hydrogen) atoms. The second kappa shape index (κ2) is 9.33. The van der Waals surface area contributed by atoms with Gasteiger partial charge in [0.05, 0.1) is 29.7 Å². The van der Waals surface area contributed by atoms with Crippen molar-refractivity contribution in [3.05, 3.63) is 57.6 Å². The molecule has 2 rings (SSSR count). The Bertz CT molecular complexity index is 899. The van der Waals surface area contributed by atoms with Crippen LogP contribution in [0.25, 0.3) is 0 Å². The van der Waals surface area contributed by atoms with Crippen molar-refractivity contribution < 1.29 is 23.7 Å². The molecule has 1 aliphatic heterocycles. The van der Waals surface area contributed by atoms with Crippen molar-refractivity contribution in [2.24, 2.45) is 5.73 Å². The van der Waals surface area contributed by atoms with E-state index in [1.165, 1.54) is 7.11 Å². The minimum absolute atomic E-state index is 0.0554. The summed E-state index contributed by atoms with van der Waals surface area (Å²) in [5, 5.41) is 9.65. The van der Waals surface area contributed by atoms with E-state index in [9.17, 15) is 10.1 Å². The number of nitrogens with zero attached hydrogens (tertiary/aromatic N) is 1. The number of hydrogen-bond donors (Lipinski definition) is 1. The Morgan fingerprint density at radius 2 is 2.21 bits per heavy atom. The average Bonchev–Trinajstić information content (AvgIpc) is 2.66. The van der Waals surface area contributed by atoms with E-state index in [4.69, 9.17) is 24.7 Å². The van der Waals surface area contributed by atoms with Crippen LogP contribution in [0, 0.1) is 11.3 Å². The van der Waals surface area contributed by atoms with Gasteiger partial charge in [-0.3, -0.25) is 0 Å². The first kappa shape index (κ1) is 21.4.